The van der Waals surface area contributed by atoms with Crippen LogP contribution in [0.1, 0.15) is 5.56 Å². The maximum Gasteiger partial charge on any atom is 0.259 e. The number of carbonyl (C=O) groups excluding carboxylic acids is 1. The Labute approximate surface area is 147 Å². The van der Waals surface area contributed by atoms with Crippen LogP contribution in [0.25, 0.3) is 0 Å². The number of rotatable bonds is 6. The van der Waals surface area contributed by atoms with Gasteiger partial charge in [0.15, 0.2) is 0 Å². The van der Waals surface area contributed by atoms with Crippen molar-refractivity contribution in [2.24, 2.45) is 5.10 Å². The molecule has 0 saturated heterocycles. The Morgan fingerprint density at radius 3 is 2.74 bits per heavy atom. The van der Waals surface area contributed by atoms with Gasteiger partial charge in [-0.15, -0.1) is 0 Å². The van der Waals surface area contributed by atoms with E-state index in [1.54, 1.807) is 31.4 Å². The first-order valence-corrected chi connectivity index (χ1v) is 7.90. The summed E-state index contributed by atoms with van der Waals surface area (Å²) >= 11 is 9.18. The molecule has 0 unspecified atom stereocenters. The first-order valence-electron chi connectivity index (χ1n) is 6.73. The van der Waals surface area contributed by atoms with Crippen LogP contribution in [0, 0.1) is 0 Å². The Hall–Kier alpha value is -2.05. The average molecular weight is 397 g/mol. The van der Waals surface area contributed by atoms with Crippen LogP contribution in [-0.2, 0) is 4.79 Å². The summed E-state index contributed by atoms with van der Waals surface area (Å²) in [5, 5.41) is 7.55. The second-order valence-corrected chi connectivity index (χ2v) is 5.89. The van der Waals surface area contributed by atoms with Crippen molar-refractivity contribution in [1.82, 2.24) is 5.43 Å². The molecule has 2 aromatic carbocycles. The Balaban J connectivity index is 1.86. The van der Waals surface area contributed by atoms with Gasteiger partial charge in [-0.25, -0.2) is 5.43 Å². The smallest absolute Gasteiger partial charge is 0.259 e. The lowest BCUT2D eigenvalue weighted by atomic mass is 10.2. The molecular weight excluding hydrogens is 382 g/mol. The average Bonchev–Trinajstić information content (AvgIpc) is 2.54. The number of benzene rings is 2. The molecule has 0 heterocycles. The van der Waals surface area contributed by atoms with Crippen molar-refractivity contribution in [3.05, 3.63) is 57.5 Å². The van der Waals surface area contributed by atoms with E-state index in [9.17, 15) is 4.79 Å². The van der Waals surface area contributed by atoms with Crippen LogP contribution in [-0.4, -0.2) is 25.8 Å². The number of methoxy groups -OCH3 is 1. The normalized spacial score (nSPS) is 10.6. The van der Waals surface area contributed by atoms with E-state index in [-0.39, 0.29) is 12.5 Å². The van der Waals surface area contributed by atoms with Crippen LogP contribution in [0.15, 0.2) is 52.0 Å². The molecule has 0 atom stereocenters. The lowest BCUT2D eigenvalue weighted by Crippen LogP contribution is -2.25. The van der Waals surface area contributed by atoms with E-state index in [1.165, 1.54) is 6.21 Å². The summed E-state index contributed by atoms with van der Waals surface area (Å²) in [6.07, 6.45) is 1.53. The largest absolute Gasteiger partial charge is 0.496 e. The number of nitrogens with one attached hydrogen (secondary N) is 2. The molecule has 2 rings (SSSR count). The summed E-state index contributed by atoms with van der Waals surface area (Å²) < 4.78 is 6.12. The zero-order chi connectivity index (χ0) is 16.7. The highest BCUT2D eigenvalue weighted by molar-refractivity contribution is 9.10. The number of nitrogens with zero attached hydrogens (tertiary/aromatic N) is 1. The molecule has 0 aliphatic heterocycles. The fourth-order valence-electron chi connectivity index (χ4n) is 1.77. The lowest BCUT2D eigenvalue weighted by molar-refractivity contribution is -0.119. The highest BCUT2D eigenvalue weighted by atomic mass is 79.9. The van der Waals surface area contributed by atoms with Crippen molar-refractivity contribution in [2.75, 3.05) is 19.0 Å². The maximum atomic E-state index is 11.7. The predicted molar refractivity (Wildman–Crippen MR) is 96.4 cm³/mol. The van der Waals surface area contributed by atoms with Crippen LogP contribution in [0.5, 0.6) is 5.75 Å². The van der Waals surface area contributed by atoms with Crippen molar-refractivity contribution in [1.29, 1.82) is 0 Å². The molecule has 2 aromatic rings. The number of hydrogen-bond acceptors (Lipinski definition) is 4. The highest BCUT2D eigenvalue weighted by Crippen LogP contribution is 2.21. The molecule has 0 spiro atoms. The molecule has 0 aliphatic rings. The van der Waals surface area contributed by atoms with Gasteiger partial charge in [0.05, 0.1) is 19.9 Å². The number of halogens is 2. The summed E-state index contributed by atoms with van der Waals surface area (Å²) in [6.45, 7) is 0.106. The van der Waals surface area contributed by atoms with E-state index < -0.39 is 0 Å². The van der Waals surface area contributed by atoms with Gasteiger partial charge in [0.1, 0.15) is 5.75 Å². The third-order valence-electron chi connectivity index (χ3n) is 2.88. The van der Waals surface area contributed by atoms with Gasteiger partial charge < -0.3 is 10.1 Å². The number of hydrogen-bond donors (Lipinski definition) is 2. The highest BCUT2D eigenvalue weighted by Gasteiger charge is 2.02. The van der Waals surface area contributed by atoms with Gasteiger partial charge in [0.2, 0.25) is 0 Å². The Kier molecular flexibility index (Phi) is 6.43. The molecule has 0 bridgehead atoms. The minimum absolute atomic E-state index is 0.106. The monoisotopic (exact) mass is 395 g/mol. The Morgan fingerprint density at radius 1 is 1.30 bits per heavy atom. The van der Waals surface area contributed by atoms with Gasteiger partial charge >= 0.3 is 0 Å². The van der Waals surface area contributed by atoms with Crippen molar-refractivity contribution in [3.63, 3.8) is 0 Å². The van der Waals surface area contributed by atoms with Crippen LogP contribution >= 0.6 is 27.5 Å². The number of ether oxygens (including phenoxy) is 1. The van der Waals surface area contributed by atoms with Crippen molar-refractivity contribution in [2.45, 2.75) is 0 Å². The SMILES string of the molecule is COc1ccc(Br)cc1/C=N\NC(=O)CNc1ccc(Cl)cc1. The van der Waals surface area contributed by atoms with Crippen LogP contribution < -0.4 is 15.5 Å². The zero-order valence-corrected chi connectivity index (χ0v) is 14.7. The quantitative estimate of drug-likeness (QED) is 0.578. The van der Waals surface area contributed by atoms with E-state index in [1.807, 2.05) is 18.2 Å². The zero-order valence-electron chi connectivity index (χ0n) is 12.3. The Bertz CT molecular complexity index is 705. The maximum absolute atomic E-state index is 11.7. The predicted octanol–water partition coefficient (Wildman–Crippen LogP) is 3.67. The summed E-state index contributed by atoms with van der Waals surface area (Å²) in [5.41, 5.74) is 4.02. The first-order chi connectivity index (χ1) is 11.1. The fourth-order valence-corrected chi connectivity index (χ4v) is 2.27. The first kappa shape index (κ1) is 17.3. The molecule has 120 valence electrons. The van der Waals surface area contributed by atoms with Crippen LogP contribution in [0.4, 0.5) is 5.69 Å². The van der Waals surface area contributed by atoms with Crippen molar-refractivity contribution < 1.29 is 9.53 Å². The van der Waals surface area contributed by atoms with E-state index in [0.717, 1.165) is 15.7 Å². The molecule has 5 nitrogen and oxygen atoms in total. The van der Waals surface area contributed by atoms with E-state index >= 15 is 0 Å². The van der Waals surface area contributed by atoms with Crippen molar-refractivity contribution >= 4 is 45.3 Å². The van der Waals surface area contributed by atoms with Gasteiger partial charge in [-0.2, -0.15) is 5.10 Å². The van der Waals surface area contributed by atoms with Gasteiger partial charge in [-0.3, -0.25) is 4.79 Å². The number of hydrazone groups is 1. The second-order valence-electron chi connectivity index (χ2n) is 4.54. The topological polar surface area (TPSA) is 62.7 Å². The summed E-state index contributed by atoms with van der Waals surface area (Å²) in [6, 6.07) is 12.6. The third kappa shape index (κ3) is 5.58. The molecule has 0 saturated carbocycles. The standard InChI is InChI=1S/C16H15BrClN3O2/c1-23-15-7-2-12(17)8-11(15)9-20-21-16(22)10-19-14-5-3-13(18)4-6-14/h2-9,19H,10H2,1H3,(H,21,22)/b20-9-. The van der Waals surface area contributed by atoms with Gasteiger partial charge in [0.25, 0.3) is 5.91 Å². The third-order valence-corrected chi connectivity index (χ3v) is 3.63. The van der Waals surface area contributed by atoms with Gasteiger partial charge in [-0.05, 0) is 42.5 Å². The molecule has 0 fully saturated rings. The molecule has 2 N–H and O–H groups in total. The van der Waals surface area contributed by atoms with E-state index in [0.29, 0.717) is 10.8 Å². The number of amides is 1. The van der Waals surface area contributed by atoms with E-state index in [2.05, 4.69) is 31.8 Å². The molecule has 0 radical (unpaired) electrons. The molecule has 0 aromatic heterocycles. The number of carbonyl (C=O) groups is 1. The minimum atomic E-state index is -0.259. The molecular formula is C16H15BrClN3O2. The van der Waals surface area contributed by atoms with Gasteiger partial charge in [0, 0.05) is 20.7 Å². The summed E-state index contributed by atoms with van der Waals surface area (Å²) in [5.74, 6) is 0.413. The summed E-state index contributed by atoms with van der Waals surface area (Å²) in [7, 11) is 1.58. The molecule has 1 amide bonds. The lowest BCUT2D eigenvalue weighted by Gasteiger charge is -2.06. The molecule has 7 heteroatoms. The van der Waals surface area contributed by atoms with Crippen LogP contribution in [0.2, 0.25) is 5.02 Å². The molecule has 23 heavy (non-hydrogen) atoms. The molecule has 0 aliphatic carbocycles. The van der Waals surface area contributed by atoms with Crippen LogP contribution in [0.3, 0.4) is 0 Å². The fraction of sp³-hybridized carbons (Fsp3) is 0.125. The van der Waals surface area contributed by atoms with E-state index in [4.69, 9.17) is 16.3 Å². The van der Waals surface area contributed by atoms with Gasteiger partial charge in [-0.1, -0.05) is 27.5 Å². The summed E-state index contributed by atoms with van der Waals surface area (Å²) in [4.78, 5) is 11.7. The second kappa shape index (κ2) is 8.55. The van der Waals surface area contributed by atoms with Crippen molar-refractivity contribution in [3.8, 4) is 5.75 Å². The number of anilines is 1. The minimum Gasteiger partial charge on any atom is -0.496 e. The Morgan fingerprint density at radius 2 is 2.04 bits per heavy atom.